The van der Waals surface area contributed by atoms with E-state index in [1.165, 1.54) is 28.7 Å². The summed E-state index contributed by atoms with van der Waals surface area (Å²) < 4.78 is 3.24. The Bertz CT molecular complexity index is 819. The van der Waals surface area contributed by atoms with Crippen molar-refractivity contribution in [2.24, 2.45) is 5.73 Å². The van der Waals surface area contributed by atoms with Crippen molar-refractivity contribution in [3.63, 3.8) is 0 Å². The molecule has 110 valence electrons. The highest BCUT2D eigenvalue weighted by Gasteiger charge is 2.10. The number of aromatic nitrogens is 7. The van der Waals surface area contributed by atoms with Crippen LogP contribution >= 0.6 is 11.8 Å². The Hall–Kier alpha value is -2.20. The summed E-state index contributed by atoms with van der Waals surface area (Å²) in [7, 11) is 0. The average Bonchev–Trinajstić information content (AvgIpc) is 3.06. The maximum absolute atomic E-state index is 11.8. The molecule has 0 atom stereocenters. The first-order valence-electron chi connectivity index (χ1n) is 6.34. The number of fused-ring (bicyclic) bond motifs is 1. The lowest BCUT2D eigenvalue weighted by molar-refractivity contribution is 0.627. The molecule has 3 rings (SSSR count). The van der Waals surface area contributed by atoms with E-state index < -0.39 is 0 Å². The van der Waals surface area contributed by atoms with E-state index in [1.807, 2.05) is 11.5 Å². The molecular formula is C11H14N8OS. The van der Waals surface area contributed by atoms with E-state index >= 15 is 0 Å². The van der Waals surface area contributed by atoms with Gasteiger partial charge in [-0.3, -0.25) is 9.89 Å². The lowest BCUT2D eigenvalue weighted by Crippen LogP contribution is -2.15. The number of rotatable bonds is 5. The summed E-state index contributed by atoms with van der Waals surface area (Å²) in [5.74, 6) is 1.69. The average molecular weight is 306 g/mol. The van der Waals surface area contributed by atoms with Crippen LogP contribution in [-0.2, 0) is 12.3 Å². The topological polar surface area (TPSA) is 120 Å². The highest BCUT2D eigenvalue weighted by molar-refractivity contribution is 7.98. The molecule has 9 nitrogen and oxygen atoms in total. The summed E-state index contributed by atoms with van der Waals surface area (Å²) >= 11 is 1.47. The Morgan fingerprint density at radius 2 is 2.29 bits per heavy atom. The van der Waals surface area contributed by atoms with Crippen molar-refractivity contribution in [1.82, 2.24) is 34.3 Å². The third kappa shape index (κ3) is 2.67. The van der Waals surface area contributed by atoms with E-state index in [2.05, 4.69) is 25.3 Å². The molecule has 0 aliphatic carbocycles. The molecule has 0 radical (unpaired) electrons. The molecule has 21 heavy (non-hydrogen) atoms. The minimum Gasteiger partial charge on any atom is -0.329 e. The largest absolute Gasteiger partial charge is 0.329 e. The first kappa shape index (κ1) is 13.8. The summed E-state index contributed by atoms with van der Waals surface area (Å²) in [4.78, 5) is 20.1. The monoisotopic (exact) mass is 306 g/mol. The summed E-state index contributed by atoms with van der Waals surface area (Å²) in [5, 5.41) is 11.6. The van der Waals surface area contributed by atoms with E-state index in [0.717, 1.165) is 11.0 Å². The van der Waals surface area contributed by atoms with Gasteiger partial charge in [-0.2, -0.15) is 4.52 Å². The maximum Gasteiger partial charge on any atom is 0.274 e. The third-order valence-electron chi connectivity index (χ3n) is 2.92. The third-order valence-corrected chi connectivity index (χ3v) is 3.92. The Kier molecular flexibility index (Phi) is 3.71. The molecule has 0 amide bonds. The summed E-state index contributed by atoms with van der Waals surface area (Å²) in [6.45, 7) is 3.06. The standard InChI is InChI=1S/C11H14N8OS/c1-7-16-17-11(18(7)3-2-12)21-5-8-4-9(20)19-10(15-8)13-6-14-19/h4,6H,2-3,5,12H2,1H3,(H,13,14,15). The number of nitrogens with two attached hydrogens (primary N) is 1. The van der Waals surface area contributed by atoms with Gasteiger partial charge in [0.1, 0.15) is 12.2 Å². The molecule has 3 heterocycles. The fraction of sp³-hybridized carbons (Fsp3) is 0.364. The van der Waals surface area contributed by atoms with E-state index in [1.54, 1.807) is 0 Å². The molecule has 0 saturated heterocycles. The summed E-state index contributed by atoms with van der Waals surface area (Å²) in [5.41, 5.74) is 6.04. The lowest BCUT2D eigenvalue weighted by atomic mass is 10.4. The van der Waals surface area contributed by atoms with Crippen molar-refractivity contribution in [2.75, 3.05) is 6.54 Å². The van der Waals surface area contributed by atoms with Crippen LogP contribution in [0.2, 0.25) is 0 Å². The lowest BCUT2D eigenvalue weighted by Gasteiger charge is -2.06. The maximum atomic E-state index is 11.8. The highest BCUT2D eigenvalue weighted by atomic mass is 32.2. The van der Waals surface area contributed by atoms with E-state index in [4.69, 9.17) is 5.73 Å². The van der Waals surface area contributed by atoms with Crippen molar-refractivity contribution in [3.05, 3.63) is 34.3 Å². The van der Waals surface area contributed by atoms with Crippen LogP contribution in [0.15, 0.2) is 22.3 Å². The van der Waals surface area contributed by atoms with Crippen LogP contribution in [0.3, 0.4) is 0 Å². The second kappa shape index (κ2) is 5.66. The van der Waals surface area contributed by atoms with Gasteiger partial charge in [0.25, 0.3) is 11.3 Å². The molecule has 0 aliphatic heterocycles. The first-order chi connectivity index (χ1) is 10.2. The molecule has 0 aliphatic rings. The zero-order valence-corrected chi connectivity index (χ0v) is 12.2. The number of aromatic amines is 1. The molecule has 0 saturated carbocycles. The molecule has 0 unspecified atom stereocenters. The molecule has 3 N–H and O–H groups in total. The normalized spacial score (nSPS) is 11.3. The van der Waals surface area contributed by atoms with Gasteiger partial charge in [-0.15, -0.1) is 10.2 Å². The summed E-state index contributed by atoms with van der Waals surface area (Å²) in [6, 6.07) is 1.48. The van der Waals surface area contributed by atoms with Crippen LogP contribution in [0.25, 0.3) is 5.78 Å². The van der Waals surface area contributed by atoms with Gasteiger partial charge in [-0.1, -0.05) is 11.8 Å². The van der Waals surface area contributed by atoms with Gasteiger partial charge < -0.3 is 10.3 Å². The summed E-state index contributed by atoms with van der Waals surface area (Å²) in [6.07, 6.45) is 1.43. The fourth-order valence-corrected chi connectivity index (χ4v) is 2.84. The molecule has 0 aromatic carbocycles. The van der Waals surface area contributed by atoms with Crippen molar-refractivity contribution in [3.8, 4) is 0 Å². The molecular weight excluding hydrogens is 292 g/mol. The van der Waals surface area contributed by atoms with Gasteiger partial charge in [-0.05, 0) is 6.92 Å². The van der Waals surface area contributed by atoms with Crippen LogP contribution in [0.1, 0.15) is 11.5 Å². The van der Waals surface area contributed by atoms with Gasteiger partial charge in [0.05, 0.1) is 5.69 Å². The number of H-pyrrole nitrogens is 1. The minimum atomic E-state index is -0.187. The van der Waals surface area contributed by atoms with Gasteiger partial charge in [-0.25, -0.2) is 9.97 Å². The predicted molar refractivity (Wildman–Crippen MR) is 77.0 cm³/mol. The van der Waals surface area contributed by atoms with Crippen LogP contribution < -0.4 is 11.3 Å². The minimum absolute atomic E-state index is 0.187. The van der Waals surface area contributed by atoms with Crippen LogP contribution in [0.4, 0.5) is 0 Å². The SMILES string of the molecule is Cc1nnc(SCc2cc(=O)n3[nH]cnc3n2)n1CCN. The Morgan fingerprint density at radius 3 is 3.10 bits per heavy atom. The number of thioether (sulfide) groups is 1. The number of hydrogen-bond donors (Lipinski definition) is 2. The molecule has 3 aromatic heterocycles. The Morgan fingerprint density at radius 1 is 1.43 bits per heavy atom. The molecule has 0 fully saturated rings. The molecule has 0 bridgehead atoms. The quantitative estimate of drug-likeness (QED) is 0.614. The van der Waals surface area contributed by atoms with Crippen molar-refractivity contribution in [2.45, 2.75) is 24.4 Å². The predicted octanol–water partition coefficient (Wildman–Crippen LogP) is -0.431. The van der Waals surface area contributed by atoms with Gasteiger partial charge in [0.15, 0.2) is 5.16 Å². The van der Waals surface area contributed by atoms with Gasteiger partial charge >= 0.3 is 0 Å². The number of nitrogens with zero attached hydrogens (tertiary/aromatic N) is 6. The smallest absolute Gasteiger partial charge is 0.274 e. The van der Waals surface area contributed by atoms with Crippen LogP contribution in [0.5, 0.6) is 0 Å². The molecule has 3 aromatic rings. The Balaban J connectivity index is 1.81. The van der Waals surface area contributed by atoms with Gasteiger partial charge in [0, 0.05) is 24.9 Å². The van der Waals surface area contributed by atoms with E-state index in [0.29, 0.717) is 30.3 Å². The Labute approximate surface area is 123 Å². The molecule has 10 heteroatoms. The van der Waals surface area contributed by atoms with Crippen molar-refractivity contribution in [1.29, 1.82) is 0 Å². The second-order valence-corrected chi connectivity index (χ2v) is 5.31. The van der Waals surface area contributed by atoms with Crippen LogP contribution in [0, 0.1) is 6.92 Å². The number of nitrogens with one attached hydrogen (secondary N) is 1. The van der Waals surface area contributed by atoms with E-state index in [-0.39, 0.29) is 5.56 Å². The zero-order valence-electron chi connectivity index (χ0n) is 11.4. The number of aryl methyl sites for hydroxylation is 1. The first-order valence-corrected chi connectivity index (χ1v) is 7.32. The second-order valence-electron chi connectivity index (χ2n) is 4.37. The van der Waals surface area contributed by atoms with E-state index in [9.17, 15) is 4.79 Å². The van der Waals surface area contributed by atoms with Gasteiger partial charge in [0.2, 0.25) is 0 Å². The number of hydrogen-bond acceptors (Lipinski definition) is 7. The van der Waals surface area contributed by atoms with Crippen LogP contribution in [-0.4, -0.2) is 40.9 Å². The fourth-order valence-electron chi connectivity index (χ4n) is 1.94. The van der Waals surface area contributed by atoms with Crippen molar-refractivity contribution >= 4 is 17.5 Å². The zero-order chi connectivity index (χ0) is 14.8. The van der Waals surface area contributed by atoms with Crippen molar-refractivity contribution < 1.29 is 0 Å². The molecule has 0 spiro atoms. The highest BCUT2D eigenvalue weighted by Crippen LogP contribution is 2.20.